The fraction of sp³-hybridized carbons (Fsp3) is 0.125. The average molecular weight is 275 g/mol. The first-order chi connectivity index (χ1) is 5.24. The summed E-state index contributed by atoms with van der Waals surface area (Å²) >= 11 is 6.74. The molecule has 0 aromatic heterocycles. The van der Waals surface area contributed by atoms with Gasteiger partial charge >= 0.3 is 0 Å². The van der Waals surface area contributed by atoms with Crippen LogP contribution in [0.2, 0.25) is 0 Å². The summed E-state index contributed by atoms with van der Waals surface area (Å²) in [6, 6.07) is 6.01. The first kappa shape index (κ1) is 8.84. The predicted molar refractivity (Wildman–Crippen MR) is 58.6 cm³/mol. The van der Waals surface area contributed by atoms with Crippen molar-refractivity contribution in [2.24, 2.45) is 4.99 Å². The smallest absolute Gasteiger partial charge is 0.0873 e. The quantitative estimate of drug-likeness (QED) is 0.435. The molecular weight excluding hydrogens is 269 g/mol. The Labute approximate surface area is 84.7 Å². The third-order valence-corrected chi connectivity index (χ3v) is 2.22. The Balaban J connectivity index is 3.19. The van der Waals surface area contributed by atoms with Crippen LogP contribution >= 0.6 is 34.8 Å². The van der Waals surface area contributed by atoms with Crippen LogP contribution in [0.1, 0.15) is 5.56 Å². The predicted octanol–water partition coefficient (Wildman–Crippen LogP) is 3.33. The lowest BCUT2D eigenvalue weighted by molar-refractivity contribution is 1.42. The summed E-state index contributed by atoms with van der Waals surface area (Å²) in [6.45, 7) is 2.05. The van der Waals surface area contributed by atoms with Gasteiger partial charge in [-0.15, -0.1) is 0 Å². The average Bonchev–Trinajstić information content (AvgIpc) is 1.95. The van der Waals surface area contributed by atoms with Crippen LogP contribution in [0.3, 0.4) is 0 Å². The highest BCUT2D eigenvalue weighted by atomic mass is 127. The van der Waals surface area contributed by atoms with Crippen LogP contribution in [-0.4, -0.2) is 5.16 Å². The summed E-state index contributed by atoms with van der Waals surface area (Å²) in [7, 11) is 0. The van der Waals surface area contributed by atoms with E-state index in [1.165, 1.54) is 5.56 Å². The molecule has 0 aliphatic rings. The van der Waals surface area contributed by atoms with Crippen molar-refractivity contribution in [3.63, 3.8) is 0 Å². The number of hydrogen-bond acceptors (Lipinski definition) is 2. The maximum absolute atomic E-state index is 4.51. The minimum absolute atomic E-state index is 0.895. The van der Waals surface area contributed by atoms with Gasteiger partial charge in [0.2, 0.25) is 0 Å². The van der Waals surface area contributed by atoms with Crippen LogP contribution in [0.25, 0.3) is 0 Å². The zero-order chi connectivity index (χ0) is 8.27. The highest BCUT2D eigenvalue weighted by Gasteiger charge is 1.95. The Bertz CT molecular complexity index is 316. The third kappa shape index (κ3) is 2.36. The number of thiocarbonyl (C=S) groups is 1. The lowest BCUT2D eigenvalue weighted by Crippen LogP contribution is -1.75. The van der Waals surface area contributed by atoms with Gasteiger partial charge in [0.15, 0.2) is 0 Å². The fourth-order valence-electron chi connectivity index (χ4n) is 0.752. The molecule has 0 unspecified atom stereocenters. The second kappa shape index (κ2) is 3.95. The molecule has 1 nitrogen and oxygen atoms in total. The number of aliphatic imine (C=N–C) groups is 1. The molecule has 0 aliphatic carbocycles. The van der Waals surface area contributed by atoms with Gasteiger partial charge in [-0.05, 0) is 59.4 Å². The van der Waals surface area contributed by atoms with E-state index in [4.69, 9.17) is 0 Å². The van der Waals surface area contributed by atoms with Crippen molar-refractivity contribution < 1.29 is 0 Å². The molecule has 1 rings (SSSR count). The van der Waals surface area contributed by atoms with E-state index >= 15 is 0 Å². The van der Waals surface area contributed by atoms with Gasteiger partial charge in [0.1, 0.15) is 0 Å². The van der Waals surface area contributed by atoms with Gasteiger partial charge in [0.25, 0.3) is 0 Å². The maximum atomic E-state index is 4.51. The molecule has 0 heterocycles. The zero-order valence-electron chi connectivity index (χ0n) is 5.97. The Morgan fingerprint density at radius 3 is 2.82 bits per heavy atom. The Kier molecular flexibility index (Phi) is 3.17. The minimum atomic E-state index is 0.895. The summed E-state index contributed by atoms with van der Waals surface area (Å²) in [5.41, 5.74) is 2.13. The molecule has 0 N–H and O–H groups in total. The van der Waals surface area contributed by atoms with Gasteiger partial charge in [-0.1, -0.05) is 6.07 Å². The molecule has 0 atom stereocenters. The Hall–Kier alpha value is -0.250. The number of hydrogen-bond donors (Lipinski definition) is 0. The van der Waals surface area contributed by atoms with E-state index < -0.39 is 0 Å². The van der Waals surface area contributed by atoms with E-state index in [2.05, 4.69) is 51.0 Å². The van der Waals surface area contributed by atoms with Crippen molar-refractivity contribution in [3.05, 3.63) is 27.3 Å². The van der Waals surface area contributed by atoms with Gasteiger partial charge in [0.05, 0.1) is 10.8 Å². The largest absolute Gasteiger partial charge is 0.194 e. The topological polar surface area (TPSA) is 12.4 Å². The highest BCUT2D eigenvalue weighted by Crippen LogP contribution is 2.21. The maximum Gasteiger partial charge on any atom is 0.0873 e. The van der Waals surface area contributed by atoms with E-state index in [1.54, 1.807) is 0 Å². The van der Waals surface area contributed by atoms with Crippen LogP contribution < -0.4 is 0 Å². The van der Waals surface area contributed by atoms with Crippen molar-refractivity contribution in [2.75, 3.05) is 0 Å². The van der Waals surface area contributed by atoms with Gasteiger partial charge in [0, 0.05) is 3.57 Å². The molecule has 11 heavy (non-hydrogen) atoms. The number of isothiocyanates is 1. The molecule has 3 heteroatoms. The number of nitrogens with zero attached hydrogens (tertiary/aromatic N) is 1. The standard InChI is InChI=1S/C8H6INS/c1-6-2-3-8(10-5-11)7(9)4-6/h2-4H,1H3. The van der Waals surface area contributed by atoms with Crippen molar-refractivity contribution in [1.82, 2.24) is 0 Å². The van der Waals surface area contributed by atoms with E-state index in [-0.39, 0.29) is 0 Å². The van der Waals surface area contributed by atoms with Crippen LogP contribution in [0.15, 0.2) is 23.2 Å². The normalized spacial score (nSPS) is 8.91. The monoisotopic (exact) mass is 275 g/mol. The number of rotatable bonds is 1. The molecule has 0 radical (unpaired) electrons. The summed E-state index contributed by atoms with van der Waals surface area (Å²) < 4.78 is 1.11. The molecule has 0 saturated carbocycles. The summed E-state index contributed by atoms with van der Waals surface area (Å²) in [5.74, 6) is 0. The van der Waals surface area contributed by atoms with Gasteiger partial charge in [-0.25, -0.2) is 0 Å². The van der Waals surface area contributed by atoms with Crippen molar-refractivity contribution in [2.45, 2.75) is 6.92 Å². The molecule has 1 aromatic rings. The Morgan fingerprint density at radius 2 is 2.27 bits per heavy atom. The minimum Gasteiger partial charge on any atom is -0.194 e. The SMILES string of the molecule is Cc1ccc(N=C=S)c(I)c1. The molecule has 0 amide bonds. The highest BCUT2D eigenvalue weighted by molar-refractivity contribution is 14.1. The van der Waals surface area contributed by atoms with E-state index in [0.717, 1.165) is 9.26 Å². The van der Waals surface area contributed by atoms with Crippen molar-refractivity contribution in [1.29, 1.82) is 0 Å². The number of halogens is 1. The molecule has 0 bridgehead atoms. The van der Waals surface area contributed by atoms with Crippen LogP contribution in [0, 0.1) is 10.5 Å². The van der Waals surface area contributed by atoms with Gasteiger partial charge < -0.3 is 0 Å². The summed E-state index contributed by atoms with van der Waals surface area (Å²) in [5, 5.41) is 2.35. The lowest BCUT2D eigenvalue weighted by Gasteiger charge is -1.96. The zero-order valence-corrected chi connectivity index (χ0v) is 8.94. The van der Waals surface area contributed by atoms with Crippen LogP contribution in [0.4, 0.5) is 5.69 Å². The van der Waals surface area contributed by atoms with Gasteiger partial charge in [-0.2, -0.15) is 4.99 Å². The molecule has 0 saturated heterocycles. The van der Waals surface area contributed by atoms with Crippen LogP contribution in [0.5, 0.6) is 0 Å². The van der Waals surface area contributed by atoms with Crippen LogP contribution in [-0.2, 0) is 0 Å². The number of benzene rings is 1. The molecule has 0 spiro atoms. The summed E-state index contributed by atoms with van der Waals surface area (Å²) in [4.78, 5) is 3.90. The van der Waals surface area contributed by atoms with E-state index in [0.29, 0.717) is 0 Å². The fourth-order valence-corrected chi connectivity index (χ4v) is 1.64. The van der Waals surface area contributed by atoms with Crippen molar-refractivity contribution in [3.8, 4) is 0 Å². The second-order valence-corrected chi connectivity index (χ2v) is 3.50. The van der Waals surface area contributed by atoms with Crippen molar-refractivity contribution >= 4 is 45.7 Å². The molecule has 0 aliphatic heterocycles. The third-order valence-electron chi connectivity index (χ3n) is 1.27. The second-order valence-electron chi connectivity index (χ2n) is 2.16. The summed E-state index contributed by atoms with van der Waals surface area (Å²) in [6.07, 6.45) is 0. The first-order valence-corrected chi connectivity index (χ1v) is 4.57. The van der Waals surface area contributed by atoms with E-state index in [9.17, 15) is 0 Å². The van der Waals surface area contributed by atoms with Gasteiger partial charge in [-0.3, -0.25) is 0 Å². The first-order valence-electron chi connectivity index (χ1n) is 3.08. The van der Waals surface area contributed by atoms with E-state index in [1.807, 2.05) is 19.1 Å². The molecule has 0 fully saturated rings. The number of aryl methyl sites for hydroxylation is 1. The lowest BCUT2D eigenvalue weighted by atomic mass is 10.2. The molecule has 56 valence electrons. The molecular formula is C8H6INS. The molecule has 1 aromatic carbocycles. The Morgan fingerprint density at radius 1 is 1.55 bits per heavy atom.